The van der Waals surface area contributed by atoms with Gasteiger partial charge in [-0.15, -0.1) is 0 Å². The van der Waals surface area contributed by atoms with Crippen LogP contribution >= 0.6 is 12.2 Å². The molecule has 0 saturated carbocycles. The Hall–Kier alpha value is -3.64. The van der Waals surface area contributed by atoms with Crippen molar-refractivity contribution in [3.8, 4) is 11.4 Å². The molecule has 2 aromatic heterocycles. The van der Waals surface area contributed by atoms with Crippen molar-refractivity contribution in [2.24, 2.45) is 0 Å². The van der Waals surface area contributed by atoms with Crippen LogP contribution in [-0.2, 0) is 0 Å². The topological polar surface area (TPSA) is 42.3 Å². The normalized spacial score (nSPS) is 17.8. The first-order valence-corrected chi connectivity index (χ1v) is 11.5. The van der Waals surface area contributed by atoms with Gasteiger partial charge in [0.2, 0.25) is 0 Å². The summed E-state index contributed by atoms with van der Waals surface area (Å²) in [4.78, 5) is 6.86. The van der Waals surface area contributed by atoms with Gasteiger partial charge in [0, 0.05) is 29.5 Å². The van der Waals surface area contributed by atoms with Crippen LogP contribution in [0, 0.1) is 6.92 Å². The zero-order valence-electron chi connectivity index (χ0n) is 18.7. The van der Waals surface area contributed by atoms with Gasteiger partial charge in [0.25, 0.3) is 0 Å². The fourth-order valence-electron chi connectivity index (χ4n) is 4.38. The van der Waals surface area contributed by atoms with E-state index in [1.807, 2.05) is 37.4 Å². The second-order valence-electron chi connectivity index (χ2n) is 8.06. The highest BCUT2D eigenvalue weighted by molar-refractivity contribution is 7.80. The molecular weight excluding hydrogens is 428 g/mol. The van der Waals surface area contributed by atoms with Crippen molar-refractivity contribution >= 4 is 23.0 Å². The number of hydrogen-bond acceptors (Lipinski definition) is 3. The number of rotatable bonds is 6. The lowest BCUT2D eigenvalue weighted by Gasteiger charge is -2.29. The summed E-state index contributed by atoms with van der Waals surface area (Å²) in [6.45, 7) is 4.73. The predicted molar refractivity (Wildman–Crippen MR) is 136 cm³/mol. The zero-order valence-corrected chi connectivity index (χ0v) is 19.5. The van der Waals surface area contributed by atoms with Gasteiger partial charge in [0.05, 0.1) is 18.3 Å². The summed E-state index contributed by atoms with van der Waals surface area (Å²) in [5, 5.41) is 4.23. The number of aryl methyl sites for hydroxylation is 1. The van der Waals surface area contributed by atoms with Crippen LogP contribution in [0.2, 0.25) is 0 Å². The van der Waals surface area contributed by atoms with Crippen LogP contribution in [0.25, 0.3) is 5.69 Å². The van der Waals surface area contributed by atoms with E-state index in [-0.39, 0.29) is 12.1 Å². The van der Waals surface area contributed by atoms with Crippen molar-refractivity contribution in [3.63, 3.8) is 0 Å². The first-order valence-electron chi connectivity index (χ1n) is 11.1. The molecular formula is C27H26N4OS. The van der Waals surface area contributed by atoms with Crippen LogP contribution in [-0.4, -0.2) is 21.3 Å². The third kappa shape index (κ3) is 4.10. The number of anilines is 1. The number of thiocarbonyl (C=S) groups is 1. The second kappa shape index (κ2) is 9.08. The summed E-state index contributed by atoms with van der Waals surface area (Å²) < 4.78 is 7.84. The van der Waals surface area contributed by atoms with Gasteiger partial charge >= 0.3 is 0 Å². The Labute approximate surface area is 199 Å². The zero-order chi connectivity index (χ0) is 22.8. The van der Waals surface area contributed by atoms with Gasteiger partial charge < -0.3 is 19.5 Å². The molecule has 1 N–H and O–H groups in total. The lowest BCUT2D eigenvalue weighted by atomic mass is 10.0. The van der Waals surface area contributed by atoms with Crippen molar-refractivity contribution in [2.75, 3.05) is 11.5 Å². The monoisotopic (exact) mass is 454 g/mol. The highest BCUT2D eigenvalue weighted by atomic mass is 32.1. The molecule has 0 radical (unpaired) electrons. The minimum Gasteiger partial charge on any atom is -0.494 e. The first kappa shape index (κ1) is 21.2. The SMILES string of the molecule is CCOc1ccc(-n2cccc2[C@@H]2[C@H](c3ccccn3)NC(=S)N2c2ccc(C)cc2)cc1. The van der Waals surface area contributed by atoms with Crippen LogP contribution in [0.15, 0.2) is 91.3 Å². The highest BCUT2D eigenvalue weighted by Gasteiger charge is 2.42. The van der Waals surface area contributed by atoms with E-state index < -0.39 is 0 Å². The Morgan fingerprint density at radius 1 is 0.939 bits per heavy atom. The molecule has 5 rings (SSSR count). The molecule has 2 aromatic carbocycles. The van der Waals surface area contributed by atoms with Crippen molar-refractivity contribution in [2.45, 2.75) is 25.9 Å². The van der Waals surface area contributed by atoms with Crippen LogP contribution in [0.4, 0.5) is 5.69 Å². The molecule has 0 bridgehead atoms. The van der Waals surface area contributed by atoms with Crippen molar-refractivity contribution in [3.05, 3.63) is 108 Å². The third-order valence-electron chi connectivity index (χ3n) is 5.92. The molecule has 3 heterocycles. The third-order valence-corrected chi connectivity index (χ3v) is 6.23. The highest BCUT2D eigenvalue weighted by Crippen LogP contribution is 2.42. The van der Waals surface area contributed by atoms with E-state index in [9.17, 15) is 0 Å². The maximum absolute atomic E-state index is 5.85. The molecule has 6 heteroatoms. The molecule has 33 heavy (non-hydrogen) atoms. The lowest BCUT2D eigenvalue weighted by molar-refractivity contribution is 0.340. The van der Waals surface area contributed by atoms with E-state index in [1.165, 1.54) is 5.56 Å². The van der Waals surface area contributed by atoms with Gasteiger partial charge in [0.15, 0.2) is 5.11 Å². The van der Waals surface area contributed by atoms with E-state index in [0.717, 1.165) is 28.5 Å². The van der Waals surface area contributed by atoms with Gasteiger partial charge in [-0.25, -0.2) is 0 Å². The molecule has 0 unspecified atom stereocenters. The first-order chi connectivity index (χ1) is 16.2. The van der Waals surface area contributed by atoms with E-state index >= 15 is 0 Å². The number of hydrogen-bond donors (Lipinski definition) is 1. The van der Waals surface area contributed by atoms with Crippen molar-refractivity contribution in [1.29, 1.82) is 0 Å². The number of pyridine rings is 1. The van der Waals surface area contributed by atoms with Gasteiger partial charge in [0.1, 0.15) is 11.8 Å². The molecule has 0 spiro atoms. The number of nitrogens with one attached hydrogen (secondary N) is 1. The summed E-state index contributed by atoms with van der Waals surface area (Å²) in [5.74, 6) is 0.867. The van der Waals surface area contributed by atoms with E-state index in [1.54, 1.807) is 0 Å². The molecule has 0 aliphatic carbocycles. The minimum atomic E-state index is -0.0867. The summed E-state index contributed by atoms with van der Waals surface area (Å²) in [6, 6.07) is 26.8. The van der Waals surface area contributed by atoms with E-state index in [0.29, 0.717) is 11.7 Å². The average molecular weight is 455 g/mol. The second-order valence-corrected chi connectivity index (χ2v) is 8.45. The number of ether oxygens (including phenoxy) is 1. The molecule has 1 saturated heterocycles. The Kier molecular flexibility index (Phi) is 5.84. The summed E-state index contributed by atoms with van der Waals surface area (Å²) in [7, 11) is 0. The number of benzene rings is 2. The van der Waals surface area contributed by atoms with Crippen molar-refractivity contribution in [1.82, 2.24) is 14.9 Å². The van der Waals surface area contributed by atoms with Crippen LogP contribution in [0.5, 0.6) is 5.75 Å². The summed E-state index contributed by atoms with van der Waals surface area (Å²) in [5.41, 5.74) is 5.43. The quantitative estimate of drug-likeness (QED) is 0.376. The molecule has 1 fully saturated rings. The van der Waals surface area contributed by atoms with Crippen LogP contribution in [0.1, 0.15) is 36.0 Å². The Morgan fingerprint density at radius 2 is 1.70 bits per heavy atom. The molecule has 1 aliphatic heterocycles. The summed E-state index contributed by atoms with van der Waals surface area (Å²) >= 11 is 5.85. The molecule has 5 nitrogen and oxygen atoms in total. The lowest BCUT2D eigenvalue weighted by Crippen LogP contribution is -2.30. The number of nitrogens with zero attached hydrogens (tertiary/aromatic N) is 3. The molecule has 2 atom stereocenters. The van der Waals surface area contributed by atoms with Crippen LogP contribution in [0.3, 0.4) is 0 Å². The summed E-state index contributed by atoms with van der Waals surface area (Å²) in [6.07, 6.45) is 3.92. The maximum atomic E-state index is 5.85. The molecule has 0 amide bonds. The Balaban J connectivity index is 1.61. The van der Waals surface area contributed by atoms with Gasteiger partial charge in [-0.05, 0) is 86.7 Å². The molecule has 166 valence electrons. The predicted octanol–water partition coefficient (Wildman–Crippen LogP) is 5.76. The Bertz CT molecular complexity index is 1240. The van der Waals surface area contributed by atoms with Gasteiger partial charge in [-0.1, -0.05) is 23.8 Å². The van der Waals surface area contributed by atoms with Crippen LogP contribution < -0.4 is 15.0 Å². The average Bonchev–Trinajstić information content (AvgIpc) is 3.45. The minimum absolute atomic E-state index is 0.0725. The smallest absolute Gasteiger partial charge is 0.174 e. The largest absolute Gasteiger partial charge is 0.494 e. The molecule has 4 aromatic rings. The number of aromatic nitrogens is 2. The van der Waals surface area contributed by atoms with Gasteiger partial charge in [-0.2, -0.15) is 0 Å². The maximum Gasteiger partial charge on any atom is 0.174 e. The fourth-order valence-corrected chi connectivity index (χ4v) is 4.72. The van der Waals surface area contributed by atoms with Crippen molar-refractivity contribution < 1.29 is 4.74 Å². The van der Waals surface area contributed by atoms with E-state index in [4.69, 9.17) is 17.0 Å². The standard InChI is InChI=1S/C27H26N4OS/c1-3-32-22-15-13-20(14-16-22)30-18-6-8-24(30)26-25(23-7-4-5-17-28-23)29-27(33)31(26)21-11-9-19(2)10-12-21/h4-18,25-26H,3H2,1-2H3,(H,29,33)/t25-,26+/m0/s1. The van der Waals surface area contributed by atoms with E-state index in [2.05, 4.69) is 87.5 Å². The van der Waals surface area contributed by atoms with Gasteiger partial charge in [-0.3, -0.25) is 4.98 Å². The fraction of sp³-hybridized carbons (Fsp3) is 0.185. The Morgan fingerprint density at radius 3 is 2.39 bits per heavy atom. The molecule has 1 aliphatic rings.